The molecule has 1 amide bonds. The SMILES string of the molecule is C=CCNC(=O)CC(C#N)CC(C)C. The van der Waals surface area contributed by atoms with Crippen molar-refractivity contribution >= 4 is 5.91 Å². The highest BCUT2D eigenvalue weighted by Crippen LogP contribution is 2.14. The Bertz CT molecular complexity index is 228. The molecule has 0 aliphatic carbocycles. The highest BCUT2D eigenvalue weighted by Gasteiger charge is 2.13. The maximum Gasteiger partial charge on any atom is 0.221 e. The standard InChI is InChI=1S/C11H18N2O/c1-4-5-13-11(14)7-10(8-12)6-9(2)3/h4,9-10H,1,5-7H2,2-3H3,(H,13,14). The predicted octanol–water partition coefficient (Wildman–Crippen LogP) is 1.86. The van der Waals surface area contributed by atoms with Gasteiger partial charge < -0.3 is 5.32 Å². The van der Waals surface area contributed by atoms with Gasteiger partial charge in [-0.05, 0) is 12.3 Å². The Hall–Kier alpha value is -1.30. The lowest BCUT2D eigenvalue weighted by atomic mass is 9.95. The number of nitrogens with one attached hydrogen (secondary N) is 1. The zero-order chi connectivity index (χ0) is 11.0. The van der Waals surface area contributed by atoms with Gasteiger partial charge in [0.1, 0.15) is 0 Å². The first-order valence-corrected chi connectivity index (χ1v) is 4.87. The summed E-state index contributed by atoms with van der Waals surface area (Å²) in [7, 11) is 0. The van der Waals surface area contributed by atoms with Crippen molar-refractivity contribution in [3.05, 3.63) is 12.7 Å². The van der Waals surface area contributed by atoms with Gasteiger partial charge in [-0.3, -0.25) is 4.79 Å². The fourth-order valence-electron chi connectivity index (χ4n) is 1.23. The van der Waals surface area contributed by atoms with Crippen molar-refractivity contribution in [2.75, 3.05) is 6.54 Å². The first kappa shape index (κ1) is 12.7. The van der Waals surface area contributed by atoms with E-state index in [4.69, 9.17) is 5.26 Å². The topological polar surface area (TPSA) is 52.9 Å². The van der Waals surface area contributed by atoms with Gasteiger partial charge in [0.15, 0.2) is 0 Å². The van der Waals surface area contributed by atoms with Crippen molar-refractivity contribution in [2.24, 2.45) is 11.8 Å². The van der Waals surface area contributed by atoms with Crippen LogP contribution in [0, 0.1) is 23.2 Å². The van der Waals surface area contributed by atoms with E-state index in [1.54, 1.807) is 6.08 Å². The van der Waals surface area contributed by atoms with Gasteiger partial charge in [0.2, 0.25) is 5.91 Å². The summed E-state index contributed by atoms with van der Waals surface area (Å²) < 4.78 is 0. The van der Waals surface area contributed by atoms with E-state index in [0.717, 1.165) is 6.42 Å². The molecule has 0 saturated carbocycles. The molecule has 0 aliphatic heterocycles. The van der Waals surface area contributed by atoms with Gasteiger partial charge in [-0.15, -0.1) is 6.58 Å². The lowest BCUT2D eigenvalue weighted by molar-refractivity contribution is -0.121. The summed E-state index contributed by atoms with van der Waals surface area (Å²) in [6, 6.07) is 2.15. The second kappa shape index (κ2) is 7.14. The lowest BCUT2D eigenvalue weighted by Gasteiger charge is -2.10. The summed E-state index contributed by atoms with van der Waals surface area (Å²) in [6.07, 6.45) is 2.70. The van der Waals surface area contributed by atoms with Gasteiger partial charge in [0.05, 0.1) is 12.0 Å². The summed E-state index contributed by atoms with van der Waals surface area (Å²) in [5.74, 6) is 0.212. The van der Waals surface area contributed by atoms with Gasteiger partial charge in [0, 0.05) is 13.0 Å². The van der Waals surface area contributed by atoms with E-state index < -0.39 is 0 Å². The van der Waals surface area contributed by atoms with Crippen LogP contribution in [0.2, 0.25) is 0 Å². The number of amides is 1. The van der Waals surface area contributed by atoms with Gasteiger partial charge in [-0.2, -0.15) is 5.26 Å². The molecule has 0 aromatic carbocycles. The molecule has 0 saturated heterocycles. The third kappa shape index (κ3) is 6.24. The molecule has 0 radical (unpaired) electrons. The maximum atomic E-state index is 11.2. The van der Waals surface area contributed by atoms with Crippen LogP contribution in [-0.4, -0.2) is 12.5 Å². The molecule has 1 unspecified atom stereocenters. The van der Waals surface area contributed by atoms with Crippen molar-refractivity contribution in [1.29, 1.82) is 5.26 Å². The third-order valence-corrected chi connectivity index (χ3v) is 1.81. The number of hydrogen-bond donors (Lipinski definition) is 1. The molecule has 3 nitrogen and oxygen atoms in total. The van der Waals surface area contributed by atoms with Crippen LogP contribution in [0.25, 0.3) is 0 Å². The van der Waals surface area contributed by atoms with Crippen LogP contribution in [-0.2, 0) is 4.79 Å². The summed E-state index contributed by atoms with van der Waals surface area (Å²) >= 11 is 0. The number of hydrogen-bond acceptors (Lipinski definition) is 2. The molecule has 0 aromatic heterocycles. The van der Waals surface area contributed by atoms with Crippen molar-refractivity contribution < 1.29 is 4.79 Å². The fourth-order valence-corrected chi connectivity index (χ4v) is 1.23. The molecule has 0 spiro atoms. The fraction of sp³-hybridized carbons (Fsp3) is 0.636. The van der Waals surface area contributed by atoms with E-state index >= 15 is 0 Å². The van der Waals surface area contributed by atoms with Crippen LogP contribution in [0.1, 0.15) is 26.7 Å². The van der Waals surface area contributed by atoms with E-state index in [2.05, 4.69) is 18.0 Å². The van der Waals surface area contributed by atoms with Crippen LogP contribution in [0.15, 0.2) is 12.7 Å². The summed E-state index contributed by atoms with van der Waals surface area (Å²) in [5.41, 5.74) is 0. The first-order valence-electron chi connectivity index (χ1n) is 4.87. The maximum absolute atomic E-state index is 11.2. The van der Waals surface area contributed by atoms with E-state index in [1.807, 2.05) is 13.8 Å². The van der Waals surface area contributed by atoms with Crippen LogP contribution in [0.5, 0.6) is 0 Å². The zero-order valence-corrected chi connectivity index (χ0v) is 8.92. The number of nitrogens with zero attached hydrogens (tertiary/aromatic N) is 1. The van der Waals surface area contributed by atoms with Crippen LogP contribution in [0.3, 0.4) is 0 Å². The van der Waals surface area contributed by atoms with Crippen LogP contribution >= 0.6 is 0 Å². The molecular weight excluding hydrogens is 176 g/mol. The number of rotatable bonds is 6. The van der Waals surface area contributed by atoms with Gasteiger partial charge in [-0.25, -0.2) is 0 Å². The first-order chi connectivity index (χ1) is 6.60. The highest BCUT2D eigenvalue weighted by molar-refractivity contribution is 5.76. The molecule has 3 heteroatoms. The van der Waals surface area contributed by atoms with Crippen LogP contribution < -0.4 is 5.32 Å². The lowest BCUT2D eigenvalue weighted by Crippen LogP contribution is -2.25. The Morgan fingerprint density at radius 3 is 2.71 bits per heavy atom. The van der Waals surface area contributed by atoms with E-state index in [-0.39, 0.29) is 11.8 Å². The second-order valence-corrected chi connectivity index (χ2v) is 3.75. The minimum absolute atomic E-state index is 0.0721. The van der Waals surface area contributed by atoms with Crippen molar-refractivity contribution in [2.45, 2.75) is 26.7 Å². The van der Waals surface area contributed by atoms with Gasteiger partial charge in [-0.1, -0.05) is 19.9 Å². The molecule has 0 aromatic rings. The average molecular weight is 194 g/mol. The molecule has 1 atom stereocenters. The predicted molar refractivity (Wildman–Crippen MR) is 56.4 cm³/mol. The molecule has 14 heavy (non-hydrogen) atoms. The Morgan fingerprint density at radius 1 is 1.64 bits per heavy atom. The Labute approximate surface area is 85.8 Å². The van der Waals surface area contributed by atoms with Crippen molar-refractivity contribution in [1.82, 2.24) is 5.32 Å². The summed E-state index contributed by atoms with van der Waals surface area (Å²) in [6.45, 7) is 8.07. The average Bonchev–Trinajstić information content (AvgIpc) is 2.12. The van der Waals surface area contributed by atoms with Gasteiger partial charge in [0.25, 0.3) is 0 Å². The molecule has 78 valence electrons. The Morgan fingerprint density at radius 2 is 2.29 bits per heavy atom. The van der Waals surface area contributed by atoms with E-state index in [9.17, 15) is 4.79 Å². The minimum atomic E-state index is -0.167. The smallest absolute Gasteiger partial charge is 0.221 e. The number of carbonyl (C=O) groups is 1. The zero-order valence-electron chi connectivity index (χ0n) is 8.92. The van der Waals surface area contributed by atoms with Gasteiger partial charge >= 0.3 is 0 Å². The highest BCUT2D eigenvalue weighted by atomic mass is 16.1. The number of carbonyl (C=O) groups excluding carboxylic acids is 1. The van der Waals surface area contributed by atoms with E-state index in [0.29, 0.717) is 18.9 Å². The molecular formula is C11H18N2O. The minimum Gasteiger partial charge on any atom is -0.353 e. The molecule has 0 heterocycles. The van der Waals surface area contributed by atoms with E-state index in [1.165, 1.54) is 0 Å². The molecule has 1 N–H and O–H groups in total. The van der Waals surface area contributed by atoms with Crippen LogP contribution in [0.4, 0.5) is 0 Å². The van der Waals surface area contributed by atoms with Crippen molar-refractivity contribution in [3.63, 3.8) is 0 Å². The largest absolute Gasteiger partial charge is 0.353 e. The number of nitriles is 1. The molecule has 0 fully saturated rings. The Balaban J connectivity index is 3.87. The third-order valence-electron chi connectivity index (χ3n) is 1.81. The molecule has 0 aliphatic rings. The quantitative estimate of drug-likeness (QED) is 0.656. The monoisotopic (exact) mass is 194 g/mol. The molecule has 0 bridgehead atoms. The van der Waals surface area contributed by atoms with Crippen molar-refractivity contribution in [3.8, 4) is 6.07 Å². The summed E-state index contributed by atoms with van der Waals surface area (Å²) in [4.78, 5) is 11.2. The Kier molecular flexibility index (Phi) is 6.47. The normalized spacial score (nSPS) is 11.9. The molecule has 0 rings (SSSR count). The second-order valence-electron chi connectivity index (χ2n) is 3.75. The summed E-state index contributed by atoms with van der Waals surface area (Å²) in [5, 5.41) is 11.5.